The zero-order valence-electron chi connectivity index (χ0n) is 22.4. The lowest BCUT2D eigenvalue weighted by atomic mass is 9.79. The molecule has 2 aliphatic carbocycles. The van der Waals surface area contributed by atoms with Crippen molar-refractivity contribution in [2.45, 2.75) is 98.3 Å². The van der Waals surface area contributed by atoms with Crippen LogP contribution >= 0.6 is 0 Å². The highest BCUT2D eigenvalue weighted by atomic mass is 16.1. The summed E-state index contributed by atoms with van der Waals surface area (Å²) in [5.41, 5.74) is 3.80. The number of carbonyl (C=O) groups is 2. The van der Waals surface area contributed by atoms with Crippen LogP contribution in [0, 0.1) is 23.2 Å². The molecule has 1 saturated heterocycles. The number of rotatable bonds is 5. The molecule has 34 heavy (non-hydrogen) atoms. The van der Waals surface area contributed by atoms with Crippen LogP contribution in [0.5, 0.6) is 0 Å². The average Bonchev–Trinajstić information content (AvgIpc) is 3.00. The third-order valence-corrected chi connectivity index (χ3v) is 8.04. The molecule has 188 valence electrons. The van der Waals surface area contributed by atoms with E-state index < -0.39 is 0 Å². The fraction of sp³-hybridized carbons (Fsp3) is 0.677. The molecule has 0 radical (unpaired) electrons. The summed E-state index contributed by atoms with van der Waals surface area (Å²) in [6.45, 7) is 17.0. The molecule has 0 spiro atoms. The van der Waals surface area contributed by atoms with Gasteiger partial charge in [-0.15, -0.1) is 0 Å². The number of Topliss-reactive ketones (excluding diaryl/α,β-unsaturated/α-hetero) is 2. The second-order valence-corrected chi connectivity index (χ2v) is 11.9. The van der Waals surface area contributed by atoms with Crippen LogP contribution in [0.25, 0.3) is 0 Å². The number of ketones is 2. The third-order valence-electron chi connectivity index (χ3n) is 8.04. The summed E-state index contributed by atoms with van der Waals surface area (Å²) in [6, 6.07) is 8.99. The van der Waals surface area contributed by atoms with Gasteiger partial charge in [-0.3, -0.25) is 9.59 Å². The normalized spacial score (nSPS) is 26.3. The van der Waals surface area contributed by atoms with E-state index in [0.29, 0.717) is 36.2 Å². The first kappa shape index (κ1) is 26.7. The topological polar surface area (TPSA) is 37.4 Å². The Hall–Kier alpha value is -1.90. The van der Waals surface area contributed by atoms with Crippen LogP contribution in [0.3, 0.4) is 0 Å². The maximum absolute atomic E-state index is 12.7. The minimum Gasteiger partial charge on any atom is -0.371 e. The van der Waals surface area contributed by atoms with Crippen molar-refractivity contribution in [3.8, 4) is 0 Å². The Morgan fingerprint density at radius 3 is 2.26 bits per heavy atom. The van der Waals surface area contributed by atoms with Crippen LogP contribution in [0.1, 0.15) is 104 Å². The van der Waals surface area contributed by atoms with E-state index in [9.17, 15) is 9.59 Å². The molecule has 0 N–H and O–H groups in total. The smallest absolute Gasteiger partial charge is 0.136 e. The molecule has 2 saturated carbocycles. The van der Waals surface area contributed by atoms with Gasteiger partial charge in [0.2, 0.25) is 0 Å². The van der Waals surface area contributed by atoms with Gasteiger partial charge in [0.15, 0.2) is 0 Å². The number of carbonyl (C=O) groups excluding carboxylic acids is 2. The number of nitrogens with zero attached hydrogens (tertiary/aromatic N) is 1. The van der Waals surface area contributed by atoms with Crippen molar-refractivity contribution < 1.29 is 9.59 Å². The molecule has 0 amide bonds. The van der Waals surface area contributed by atoms with Crippen molar-refractivity contribution in [1.29, 1.82) is 0 Å². The molecule has 1 aromatic carbocycles. The molecular formula is C31H47NO2. The Bertz CT molecular complexity index is 841. The van der Waals surface area contributed by atoms with Gasteiger partial charge in [0.05, 0.1) is 0 Å². The fourth-order valence-corrected chi connectivity index (χ4v) is 6.11. The van der Waals surface area contributed by atoms with Crippen molar-refractivity contribution in [1.82, 2.24) is 0 Å². The third kappa shape index (κ3) is 6.83. The van der Waals surface area contributed by atoms with Crippen molar-refractivity contribution >= 4 is 17.3 Å². The van der Waals surface area contributed by atoms with Gasteiger partial charge in [0.25, 0.3) is 0 Å². The maximum Gasteiger partial charge on any atom is 0.136 e. The molecule has 3 fully saturated rings. The van der Waals surface area contributed by atoms with Gasteiger partial charge in [0, 0.05) is 49.9 Å². The molecule has 1 aromatic rings. The van der Waals surface area contributed by atoms with Gasteiger partial charge >= 0.3 is 0 Å². The summed E-state index contributed by atoms with van der Waals surface area (Å²) in [6.07, 6.45) is 8.78. The van der Waals surface area contributed by atoms with Gasteiger partial charge in [-0.05, 0) is 60.6 Å². The predicted octanol–water partition coefficient (Wildman–Crippen LogP) is 7.74. The van der Waals surface area contributed by atoms with Crippen molar-refractivity contribution in [2.24, 2.45) is 23.2 Å². The fourth-order valence-electron chi connectivity index (χ4n) is 6.11. The first-order valence-corrected chi connectivity index (χ1v) is 13.8. The van der Waals surface area contributed by atoms with E-state index in [0.717, 1.165) is 56.2 Å². The summed E-state index contributed by atoms with van der Waals surface area (Å²) in [7, 11) is 0. The highest BCUT2D eigenvalue weighted by Crippen LogP contribution is 2.40. The molecule has 1 heterocycles. The number of hydrogen-bond acceptors (Lipinski definition) is 3. The molecule has 3 aliphatic rings. The van der Waals surface area contributed by atoms with E-state index >= 15 is 0 Å². The first-order valence-electron chi connectivity index (χ1n) is 13.8. The van der Waals surface area contributed by atoms with E-state index in [1.165, 1.54) is 30.5 Å². The average molecular weight is 466 g/mol. The van der Waals surface area contributed by atoms with Gasteiger partial charge < -0.3 is 4.90 Å². The molecule has 0 aromatic heterocycles. The minimum absolute atomic E-state index is 0.106. The quantitative estimate of drug-likeness (QED) is 0.329. The van der Waals surface area contributed by atoms with E-state index in [2.05, 4.69) is 56.5 Å². The Morgan fingerprint density at radius 2 is 1.65 bits per heavy atom. The summed E-state index contributed by atoms with van der Waals surface area (Å²) >= 11 is 0. The van der Waals surface area contributed by atoms with Crippen LogP contribution in [-0.2, 0) is 9.59 Å². The Labute approximate surface area is 208 Å². The molecule has 3 unspecified atom stereocenters. The van der Waals surface area contributed by atoms with Gasteiger partial charge in [0.1, 0.15) is 11.6 Å². The highest BCUT2D eigenvalue weighted by Gasteiger charge is 2.36. The van der Waals surface area contributed by atoms with E-state index in [4.69, 9.17) is 0 Å². The molecule has 3 nitrogen and oxygen atoms in total. The SMILES string of the molecule is C=C1CC(=O)CCC1c1ccc(N2CC(C3CCCC(C(=O)CC(C)(C)C)CC3)C2)cc1.CC. The number of allylic oxidation sites excluding steroid dienone is 1. The molecule has 1 aliphatic heterocycles. The molecular weight excluding hydrogens is 418 g/mol. The Morgan fingerprint density at radius 1 is 0.971 bits per heavy atom. The molecule has 0 bridgehead atoms. The molecule has 4 rings (SSSR count). The number of anilines is 1. The lowest BCUT2D eigenvalue weighted by Crippen LogP contribution is -2.50. The van der Waals surface area contributed by atoms with Crippen molar-refractivity contribution in [3.63, 3.8) is 0 Å². The number of hydrogen-bond donors (Lipinski definition) is 0. The van der Waals surface area contributed by atoms with E-state index in [1.807, 2.05) is 13.8 Å². The van der Waals surface area contributed by atoms with Crippen LogP contribution < -0.4 is 4.90 Å². The summed E-state index contributed by atoms with van der Waals surface area (Å²) < 4.78 is 0. The Kier molecular flexibility index (Phi) is 9.18. The Balaban J connectivity index is 0.00000158. The number of benzene rings is 1. The summed E-state index contributed by atoms with van der Waals surface area (Å²) in [5, 5.41) is 0. The van der Waals surface area contributed by atoms with Crippen LogP contribution in [0.15, 0.2) is 36.4 Å². The van der Waals surface area contributed by atoms with Crippen molar-refractivity contribution in [2.75, 3.05) is 18.0 Å². The van der Waals surface area contributed by atoms with E-state index in [1.54, 1.807) is 0 Å². The molecule has 3 heteroatoms. The minimum atomic E-state index is 0.106. The van der Waals surface area contributed by atoms with Gasteiger partial charge in [-0.2, -0.15) is 0 Å². The molecule has 3 atom stereocenters. The van der Waals surface area contributed by atoms with Gasteiger partial charge in [-0.25, -0.2) is 0 Å². The van der Waals surface area contributed by atoms with Gasteiger partial charge in [-0.1, -0.05) is 71.7 Å². The second kappa shape index (κ2) is 11.7. The summed E-state index contributed by atoms with van der Waals surface area (Å²) in [5.74, 6) is 3.02. The largest absolute Gasteiger partial charge is 0.371 e. The maximum atomic E-state index is 12.7. The highest BCUT2D eigenvalue weighted by molar-refractivity contribution is 5.82. The lowest BCUT2D eigenvalue weighted by molar-refractivity contribution is -0.125. The lowest BCUT2D eigenvalue weighted by Gasteiger charge is -2.45. The standard InChI is InChI=1S/C29H41NO2.C2H6/c1-20-16-26(31)14-15-27(20)22-10-12-25(13-11-22)30-18-24(19-30)21-6-5-7-23(9-8-21)28(32)17-29(2,3)4;1-2/h10-13,21,23-24,27H,1,5-9,14-19H2,2-4H3;1-2H3. The van der Waals surface area contributed by atoms with Crippen LogP contribution in [0.4, 0.5) is 5.69 Å². The van der Waals surface area contributed by atoms with Crippen molar-refractivity contribution in [3.05, 3.63) is 42.0 Å². The summed E-state index contributed by atoms with van der Waals surface area (Å²) in [4.78, 5) is 26.9. The van der Waals surface area contributed by atoms with Crippen LogP contribution in [-0.4, -0.2) is 24.7 Å². The predicted molar refractivity (Wildman–Crippen MR) is 143 cm³/mol. The zero-order chi connectivity index (χ0) is 24.9. The second-order valence-electron chi connectivity index (χ2n) is 11.9. The first-order chi connectivity index (χ1) is 16.2. The monoisotopic (exact) mass is 465 g/mol. The zero-order valence-corrected chi connectivity index (χ0v) is 22.4. The van der Waals surface area contributed by atoms with Crippen LogP contribution in [0.2, 0.25) is 0 Å². The van der Waals surface area contributed by atoms with E-state index in [-0.39, 0.29) is 5.41 Å².